The molecule has 0 N–H and O–H groups in total. The second kappa shape index (κ2) is 12.6. The zero-order chi connectivity index (χ0) is 40.3. The number of hydrogen-bond acceptors (Lipinski definition) is 1. The fourth-order valence-corrected chi connectivity index (χ4v) is 10.4. The Hall–Kier alpha value is -8.33. The van der Waals surface area contributed by atoms with E-state index < -0.39 is 0 Å². The molecule has 0 aliphatic rings. The van der Waals surface area contributed by atoms with E-state index in [0.29, 0.717) is 5.56 Å². The minimum absolute atomic E-state index is 0.643. The highest BCUT2D eigenvalue weighted by Crippen LogP contribution is 2.46. The Bertz CT molecular complexity index is 3990. The van der Waals surface area contributed by atoms with E-state index in [1.54, 1.807) is 0 Å². The van der Waals surface area contributed by atoms with Gasteiger partial charge >= 0.3 is 0 Å². The molecule has 0 aliphatic heterocycles. The third kappa shape index (κ3) is 4.59. The van der Waals surface area contributed by atoms with Crippen LogP contribution in [0.1, 0.15) is 11.1 Å². The van der Waals surface area contributed by atoms with Crippen molar-refractivity contribution in [1.29, 1.82) is 5.26 Å². The maximum absolute atomic E-state index is 10.2. The lowest BCUT2D eigenvalue weighted by Gasteiger charge is -2.11. The van der Waals surface area contributed by atoms with Gasteiger partial charge in [-0.15, -0.1) is 0 Å². The molecule has 5 heteroatoms. The predicted molar refractivity (Wildman–Crippen MR) is 253 cm³/mol. The summed E-state index contributed by atoms with van der Waals surface area (Å²) in [5.74, 6) is 0. The van der Waals surface area contributed by atoms with Gasteiger partial charge in [-0.05, 0) is 110 Å². The van der Waals surface area contributed by atoms with Gasteiger partial charge in [0.05, 0.1) is 55.8 Å². The molecule has 0 saturated heterocycles. The number of aromatic nitrogens is 4. The molecule has 13 aromatic rings. The molecule has 0 radical (unpaired) electrons. The Kier molecular flexibility index (Phi) is 6.94. The van der Waals surface area contributed by atoms with E-state index in [9.17, 15) is 5.26 Å². The first-order valence-corrected chi connectivity index (χ1v) is 20.8. The Labute approximate surface area is 350 Å². The van der Waals surface area contributed by atoms with Crippen molar-refractivity contribution in [3.05, 3.63) is 205 Å². The molecule has 61 heavy (non-hydrogen) atoms. The molecule has 4 aromatic heterocycles. The molecule has 0 atom stereocenters. The minimum Gasteiger partial charge on any atom is -0.309 e. The maximum Gasteiger partial charge on any atom is 0.0991 e. The van der Waals surface area contributed by atoms with E-state index in [2.05, 4.69) is 219 Å². The Morgan fingerprint density at radius 3 is 1.51 bits per heavy atom. The highest BCUT2D eigenvalue weighted by Gasteiger charge is 2.25. The van der Waals surface area contributed by atoms with Crippen molar-refractivity contribution < 1.29 is 0 Å². The first-order chi connectivity index (χ1) is 30.2. The van der Waals surface area contributed by atoms with Crippen LogP contribution in [-0.2, 0) is 0 Å². The Morgan fingerprint density at radius 2 is 0.820 bits per heavy atom. The fourth-order valence-electron chi connectivity index (χ4n) is 10.4. The van der Waals surface area contributed by atoms with E-state index in [1.165, 1.54) is 48.9 Å². The smallest absolute Gasteiger partial charge is 0.0991 e. The monoisotopic (exact) mass is 777 g/mol. The Balaban J connectivity index is 1.18. The molecule has 0 amide bonds. The van der Waals surface area contributed by atoms with Gasteiger partial charge in [0.25, 0.3) is 0 Å². The number of benzene rings is 9. The average Bonchev–Trinajstić information content (AvgIpc) is 4.04. The van der Waals surface area contributed by atoms with Crippen molar-refractivity contribution in [1.82, 2.24) is 18.3 Å². The van der Waals surface area contributed by atoms with E-state index in [-0.39, 0.29) is 0 Å². The lowest BCUT2D eigenvalue weighted by molar-refractivity contribution is 1.16. The molecule has 0 saturated carbocycles. The van der Waals surface area contributed by atoms with Crippen LogP contribution >= 0.6 is 0 Å². The summed E-state index contributed by atoms with van der Waals surface area (Å²) in [6, 6.07) is 72.1. The zero-order valence-corrected chi connectivity index (χ0v) is 33.2. The standard InChI is InChI=1S/C56H35N5/c1-35-31-51-54(44-32-36(34-57)25-28-48(44)58(51)37-15-5-2-6-16-37)56-52(35)45-33-40(26-29-49(45)61(56)39-19-9-4-10-20-39)59-47-24-14-12-22-43(47)53-50(59)30-27-42-41-21-11-13-23-46(41)60(55(42)53)38-17-7-3-8-18-38/h2-33H,1H3. The van der Waals surface area contributed by atoms with Crippen molar-refractivity contribution in [2.24, 2.45) is 0 Å². The highest BCUT2D eigenvalue weighted by atomic mass is 15.0. The number of nitrogens with zero attached hydrogens (tertiary/aromatic N) is 5. The van der Waals surface area contributed by atoms with Crippen LogP contribution in [-0.4, -0.2) is 18.3 Å². The van der Waals surface area contributed by atoms with Gasteiger partial charge in [-0.2, -0.15) is 5.26 Å². The third-order valence-electron chi connectivity index (χ3n) is 12.8. The molecule has 13 rings (SSSR count). The van der Waals surface area contributed by atoms with Gasteiger partial charge in [0, 0.05) is 65.8 Å². The van der Waals surface area contributed by atoms with Crippen LogP contribution in [0, 0.1) is 18.3 Å². The van der Waals surface area contributed by atoms with E-state index in [0.717, 1.165) is 66.6 Å². The summed E-state index contributed by atoms with van der Waals surface area (Å²) in [6.07, 6.45) is 0. The summed E-state index contributed by atoms with van der Waals surface area (Å²) < 4.78 is 9.69. The lowest BCUT2D eigenvalue weighted by atomic mass is 10.0. The van der Waals surface area contributed by atoms with Crippen LogP contribution in [0.2, 0.25) is 0 Å². The molecule has 4 heterocycles. The number of fused-ring (bicyclic) bond motifs is 14. The maximum atomic E-state index is 10.2. The third-order valence-corrected chi connectivity index (χ3v) is 12.8. The molecule has 0 bridgehead atoms. The van der Waals surface area contributed by atoms with Crippen molar-refractivity contribution in [2.75, 3.05) is 0 Å². The second-order valence-electron chi connectivity index (χ2n) is 16.1. The summed E-state index contributed by atoms with van der Waals surface area (Å²) in [5, 5.41) is 19.7. The van der Waals surface area contributed by atoms with Crippen LogP contribution < -0.4 is 0 Å². The first kappa shape index (κ1) is 33.6. The molecular formula is C56H35N5. The second-order valence-corrected chi connectivity index (χ2v) is 16.1. The topological polar surface area (TPSA) is 43.5 Å². The van der Waals surface area contributed by atoms with Crippen molar-refractivity contribution in [3.8, 4) is 28.8 Å². The average molecular weight is 778 g/mol. The van der Waals surface area contributed by atoms with E-state index >= 15 is 0 Å². The van der Waals surface area contributed by atoms with E-state index in [1.807, 2.05) is 6.07 Å². The van der Waals surface area contributed by atoms with Crippen molar-refractivity contribution in [3.63, 3.8) is 0 Å². The van der Waals surface area contributed by atoms with Gasteiger partial charge in [-0.3, -0.25) is 0 Å². The first-order valence-electron chi connectivity index (χ1n) is 20.8. The lowest BCUT2D eigenvalue weighted by Crippen LogP contribution is -1.96. The van der Waals surface area contributed by atoms with Gasteiger partial charge in [0.2, 0.25) is 0 Å². The van der Waals surface area contributed by atoms with Gasteiger partial charge in [-0.25, -0.2) is 0 Å². The van der Waals surface area contributed by atoms with Crippen LogP contribution in [0.15, 0.2) is 194 Å². The molecule has 0 fully saturated rings. The quantitative estimate of drug-likeness (QED) is 0.175. The van der Waals surface area contributed by atoms with E-state index in [4.69, 9.17) is 0 Å². The van der Waals surface area contributed by atoms with Crippen molar-refractivity contribution >= 4 is 87.2 Å². The molecule has 0 unspecified atom stereocenters. The number of aryl methyl sites for hydroxylation is 1. The molecule has 0 spiro atoms. The number of para-hydroxylation sites is 5. The van der Waals surface area contributed by atoms with Gasteiger partial charge < -0.3 is 18.3 Å². The normalized spacial score (nSPS) is 12.0. The summed E-state index contributed by atoms with van der Waals surface area (Å²) >= 11 is 0. The molecule has 5 nitrogen and oxygen atoms in total. The summed E-state index contributed by atoms with van der Waals surface area (Å²) in [6.45, 7) is 2.25. The number of rotatable bonds is 4. The predicted octanol–water partition coefficient (Wildman–Crippen LogP) is 14.3. The highest BCUT2D eigenvalue weighted by molar-refractivity contribution is 6.28. The zero-order valence-electron chi connectivity index (χ0n) is 33.2. The summed E-state index contributed by atoms with van der Waals surface area (Å²) in [4.78, 5) is 0. The Morgan fingerprint density at radius 1 is 0.328 bits per heavy atom. The summed E-state index contributed by atoms with van der Waals surface area (Å²) in [5.41, 5.74) is 15.4. The molecule has 9 aromatic carbocycles. The van der Waals surface area contributed by atoms with Crippen molar-refractivity contribution in [2.45, 2.75) is 6.92 Å². The van der Waals surface area contributed by atoms with Crippen LogP contribution in [0.4, 0.5) is 0 Å². The van der Waals surface area contributed by atoms with Crippen LogP contribution in [0.25, 0.3) is 110 Å². The molecular weight excluding hydrogens is 743 g/mol. The van der Waals surface area contributed by atoms with Crippen LogP contribution in [0.3, 0.4) is 0 Å². The largest absolute Gasteiger partial charge is 0.309 e. The SMILES string of the molecule is Cc1cc2c(c3cc(C#N)ccc3n2-c2ccccc2)c2c1c1cc(-n3c4ccccc4c4c3ccc3c5ccccc5n(-c5ccccc5)c34)ccc1n2-c1ccccc1. The number of hydrogen-bond donors (Lipinski definition) is 0. The molecule has 284 valence electrons. The van der Waals surface area contributed by atoms with Gasteiger partial charge in [0.15, 0.2) is 0 Å². The summed E-state index contributed by atoms with van der Waals surface area (Å²) in [7, 11) is 0. The van der Waals surface area contributed by atoms with Gasteiger partial charge in [-0.1, -0.05) is 97.1 Å². The van der Waals surface area contributed by atoms with Crippen LogP contribution in [0.5, 0.6) is 0 Å². The van der Waals surface area contributed by atoms with Gasteiger partial charge in [0.1, 0.15) is 0 Å². The fraction of sp³-hybridized carbons (Fsp3) is 0.0179. The number of nitriles is 1. The molecule has 0 aliphatic carbocycles. The minimum atomic E-state index is 0.643.